The molecule has 5 rings (SSSR count). The first-order valence-corrected chi connectivity index (χ1v) is 18.6. The number of anilines is 1. The van der Waals surface area contributed by atoms with Gasteiger partial charge in [0, 0.05) is 29.5 Å². The number of ether oxygens (including phenoxy) is 2. The van der Waals surface area contributed by atoms with Crippen molar-refractivity contribution in [3.8, 4) is 11.5 Å². The molecule has 258 valence electrons. The third kappa shape index (κ3) is 9.21. The number of methoxy groups -OCH3 is 2. The molecular formula is C38H42BrN3O6S. The first-order chi connectivity index (χ1) is 23.7. The molecule has 2 amide bonds. The number of rotatable bonds is 14. The average molecular weight is 749 g/mol. The molecule has 1 N–H and O–H groups in total. The van der Waals surface area contributed by atoms with Gasteiger partial charge in [0.2, 0.25) is 11.8 Å². The first kappa shape index (κ1) is 35.9. The van der Waals surface area contributed by atoms with Crippen molar-refractivity contribution in [3.05, 3.63) is 119 Å². The minimum absolute atomic E-state index is 0.00279. The Balaban J connectivity index is 1.60. The number of carbonyl (C=O) groups is 2. The average Bonchev–Trinajstić information content (AvgIpc) is 3.13. The van der Waals surface area contributed by atoms with Gasteiger partial charge in [-0.2, -0.15) is 0 Å². The van der Waals surface area contributed by atoms with E-state index >= 15 is 0 Å². The summed E-state index contributed by atoms with van der Waals surface area (Å²) in [5.74, 6) is -0.190. The predicted molar refractivity (Wildman–Crippen MR) is 194 cm³/mol. The number of nitrogens with one attached hydrogen (secondary N) is 1. The van der Waals surface area contributed by atoms with Crippen molar-refractivity contribution in [2.75, 3.05) is 25.1 Å². The Bertz CT molecular complexity index is 1800. The molecular weight excluding hydrogens is 706 g/mol. The number of hydrogen-bond acceptors (Lipinski definition) is 6. The van der Waals surface area contributed by atoms with Gasteiger partial charge in [-0.05, 0) is 60.4 Å². The van der Waals surface area contributed by atoms with Crippen molar-refractivity contribution in [1.29, 1.82) is 0 Å². The van der Waals surface area contributed by atoms with Crippen LogP contribution in [0.2, 0.25) is 0 Å². The lowest BCUT2D eigenvalue weighted by molar-refractivity contribution is -0.140. The van der Waals surface area contributed by atoms with Crippen LogP contribution in [0.25, 0.3) is 0 Å². The third-order valence-electron chi connectivity index (χ3n) is 8.75. The van der Waals surface area contributed by atoms with Gasteiger partial charge in [0.1, 0.15) is 24.1 Å². The van der Waals surface area contributed by atoms with Crippen LogP contribution in [0.1, 0.15) is 43.2 Å². The lowest BCUT2D eigenvalue weighted by Gasteiger charge is -2.35. The maximum atomic E-state index is 14.8. The van der Waals surface area contributed by atoms with Crippen molar-refractivity contribution in [2.24, 2.45) is 0 Å². The molecule has 49 heavy (non-hydrogen) atoms. The first-order valence-electron chi connectivity index (χ1n) is 16.4. The molecule has 1 atom stereocenters. The van der Waals surface area contributed by atoms with E-state index < -0.39 is 28.5 Å². The molecule has 1 saturated carbocycles. The standard InChI is InChI=1S/C38H42BrN3O6S/c1-47-32-22-23-36(48-2)34(25-32)42(49(45,46)33-16-10-5-11-17-33)27-37(43)41(26-29-18-20-30(39)21-19-29)35(24-28-12-6-3-7-13-28)38(44)40-31-14-8-4-9-15-31/h3,5-7,10-13,16-23,25,31,35H,4,8-9,14-15,24,26-27H2,1-2H3,(H,40,44). The van der Waals surface area contributed by atoms with Gasteiger partial charge in [-0.3, -0.25) is 13.9 Å². The topological polar surface area (TPSA) is 105 Å². The monoisotopic (exact) mass is 747 g/mol. The number of hydrogen-bond donors (Lipinski definition) is 1. The van der Waals surface area contributed by atoms with Crippen LogP contribution in [-0.2, 0) is 32.6 Å². The van der Waals surface area contributed by atoms with Gasteiger partial charge in [0.15, 0.2) is 0 Å². The number of carbonyl (C=O) groups excluding carboxylic acids is 2. The summed E-state index contributed by atoms with van der Waals surface area (Å²) in [7, 11) is -1.39. The second-order valence-electron chi connectivity index (χ2n) is 12.1. The molecule has 0 radical (unpaired) electrons. The van der Waals surface area contributed by atoms with E-state index in [-0.39, 0.29) is 41.2 Å². The molecule has 0 heterocycles. The molecule has 1 aliphatic rings. The molecule has 1 aliphatic carbocycles. The lowest BCUT2D eigenvalue weighted by Crippen LogP contribution is -2.55. The quantitative estimate of drug-likeness (QED) is 0.153. The van der Waals surface area contributed by atoms with Crippen LogP contribution in [0.3, 0.4) is 0 Å². The van der Waals surface area contributed by atoms with Crippen molar-refractivity contribution in [1.82, 2.24) is 10.2 Å². The van der Waals surface area contributed by atoms with Crippen LogP contribution >= 0.6 is 15.9 Å². The molecule has 11 heteroatoms. The zero-order valence-electron chi connectivity index (χ0n) is 27.8. The van der Waals surface area contributed by atoms with Crippen molar-refractivity contribution in [2.45, 2.75) is 62.0 Å². The van der Waals surface area contributed by atoms with Gasteiger partial charge in [0.25, 0.3) is 10.0 Å². The molecule has 9 nitrogen and oxygen atoms in total. The summed E-state index contributed by atoms with van der Waals surface area (Å²) < 4.78 is 41.7. The second kappa shape index (κ2) is 16.8. The van der Waals surface area contributed by atoms with Crippen molar-refractivity contribution < 1.29 is 27.5 Å². The van der Waals surface area contributed by atoms with Crippen LogP contribution < -0.4 is 19.1 Å². The largest absolute Gasteiger partial charge is 0.497 e. The van der Waals surface area contributed by atoms with Crippen LogP contribution in [0, 0.1) is 0 Å². The zero-order valence-corrected chi connectivity index (χ0v) is 30.2. The van der Waals surface area contributed by atoms with E-state index in [2.05, 4.69) is 21.2 Å². The summed E-state index contributed by atoms with van der Waals surface area (Å²) in [4.78, 5) is 30.6. The molecule has 1 unspecified atom stereocenters. The fraction of sp³-hybridized carbons (Fsp3) is 0.316. The summed E-state index contributed by atoms with van der Waals surface area (Å²) in [6.45, 7) is -0.518. The Morgan fingerprint density at radius 2 is 1.49 bits per heavy atom. The number of nitrogens with zero attached hydrogens (tertiary/aromatic N) is 2. The summed E-state index contributed by atoms with van der Waals surface area (Å²) in [6.07, 6.45) is 5.20. The molecule has 4 aromatic rings. The van der Waals surface area contributed by atoms with Gasteiger partial charge in [0.05, 0.1) is 24.8 Å². The van der Waals surface area contributed by atoms with E-state index in [0.717, 1.165) is 52.0 Å². The van der Waals surface area contributed by atoms with E-state index in [0.29, 0.717) is 5.75 Å². The Morgan fingerprint density at radius 1 is 0.837 bits per heavy atom. The Morgan fingerprint density at radius 3 is 2.12 bits per heavy atom. The number of benzene rings is 4. The van der Waals surface area contributed by atoms with Crippen LogP contribution in [-0.4, -0.2) is 58.0 Å². The highest BCUT2D eigenvalue weighted by Gasteiger charge is 2.36. The molecule has 0 saturated heterocycles. The van der Waals surface area contributed by atoms with Gasteiger partial charge >= 0.3 is 0 Å². The smallest absolute Gasteiger partial charge is 0.264 e. The highest BCUT2D eigenvalue weighted by Crippen LogP contribution is 2.36. The fourth-order valence-electron chi connectivity index (χ4n) is 6.11. The lowest BCUT2D eigenvalue weighted by atomic mass is 9.94. The van der Waals surface area contributed by atoms with Crippen molar-refractivity contribution in [3.63, 3.8) is 0 Å². The van der Waals surface area contributed by atoms with Crippen LogP contribution in [0.4, 0.5) is 5.69 Å². The van der Waals surface area contributed by atoms with Gasteiger partial charge in [-0.1, -0.05) is 95.9 Å². The fourth-order valence-corrected chi connectivity index (χ4v) is 7.81. The molecule has 0 aromatic heterocycles. The van der Waals surface area contributed by atoms with E-state index in [9.17, 15) is 18.0 Å². The summed E-state index contributed by atoms with van der Waals surface area (Å²) in [5, 5.41) is 3.24. The number of amides is 2. The highest BCUT2D eigenvalue weighted by molar-refractivity contribution is 9.10. The predicted octanol–water partition coefficient (Wildman–Crippen LogP) is 6.75. The van der Waals surface area contributed by atoms with Gasteiger partial charge in [-0.25, -0.2) is 8.42 Å². The molecule has 0 bridgehead atoms. The van der Waals surface area contributed by atoms with Crippen LogP contribution in [0.5, 0.6) is 11.5 Å². The van der Waals surface area contributed by atoms with E-state index in [1.807, 2.05) is 54.6 Å². The molecule has 0 aliphatic heterocycles. The maximum Gasteiger partial charge on any atom is 0.264 e. The van der Waals surface area contributed by atoms with Gasteiger partial charge < -0.3 is 19.7 Å². The Kier molecular flexibility index (Phi) is 12.4. The summed E-state index contributed by atoms with van der Waals surface area (Å²) in [5.41, 5.74) is 1.80. The third-order valence-corrected chi connectivity index (χ3v) is 11.1. The van der Waals surface area contributed by atoms with Gasteiger partial charge in [-0.15, -0.1) is 0 Å². The maximum absolute atomic E-state index is 14.8. The van der Waals surface area contributed by atoms with E-state index in [1.165, 1.54) is 37.3 Å². The zero-order chi connectivity index (χ0) is 34.8. The van der Waals surface area contributed by atoms with E-state index in [4.69, 9.17) is 9.47 Å². The Hall–Kier alpha value is -4.35. The highest BCUT2D eigenvalue weighted by atomic mass is 79.9. The summed E-state index contributed by atoms with van der Waals surface area (Å²) >= 11 is 3.48. The minimum Gasteiger partial charge on any atom is -0.497 e. The van der Waals surface area contributed by atoms with Crippen molar-refractivity contribution >= 4 is 43.5 Å². The second-order valence-corrected chi connectivity index (χ2v) is 14.8. The molecule has 1 fully saturated rings. The SMILES string of the molecule is COc1ccc(OC)c(N(CC(=O)N(Cc2ccc(Br)cc2)C(Cc2ccccc2)C(=O)NC2CCCCC2)S(=O)(=O)c2ccccc2)c1. The molecule has 4 aromatic carbocycles. The minimum atomic E-state index is -4.30. The van der Waals surface area contributed by atoms with E-state index in [1.54, 1.807) is 30.3 Å². The molecule has 0 spiro atoms. The summed E-state index contributed by atoms with van der Waals surface area (Å²) in [6, 6.07) is 28.9. The van der Waals surface area contributed by atoms with Crippen LogP contribution in [0.15, 0.2) is 112 Å². The normalized spacial score (nSPS) is 14.0. The Labute approximate surface area is 297 Å². The number of halogens is 1. The number of sulfonamides is 1.